The van der Waals surface area contributed by atoms with Crippen LogP contribution in [-0.4, -0.2) is 24.1 Å². The minimum absolute atomic E-state index is 0.165. The minimum Gasteiger partial charge on any atom is -0.367 e. The zero-order valence-corrected chi connectivity index (χ0v) is 9.25. The lowest BCUT2D eigenvalue weighted by atomic mass is 9.98. The van der Waals surface area contributed by atoms with Gasteiger partial charge in [0.1, 0.15) is 0 Å². The molecular formula is C11H19NO2. The highest BCUT2D eigenvalue weighted by Crippen LogP contribution is 2.21. The molecule has 1 heterocycles. The molecule has 0 spiro atoms. The first kappa shape index (κ1) is 11.2. The molecule has 80 valence electrons. The number of carbonyl (C=O) groups excluding carboxylic acids is 1. The maximum Gasteiger partial charge on any atom is 0.330 e. The van der Waals surface area contributed by atoms with E-state index in [-0.39, 0.29) is 5.97 Å². The lowest BCUT2D eigenvalue weighted by Gasteiger charge is -2.21. The van der Waals surface area contributed by atoms with Crippen molar-refractivity contribution in [2.45, 2.75) is 27.2 Å². The fourth-order valence-corrected chi connectivity index (χ4v) is 1.28. The molecule has 1 aliphatic heterocycles. The van der Waals surface area contributed by atoms with Crippen LogP contribution in [0.4, 0.5) is 0 Å². The monoisotopic (exact) mass is 197 g/mol. The van der Waals surface area contributed by atoms with E-state index < -0.39 is 5.41 Å². The van der Waals surface area contributed by atoms with E-state index in [2.05, 4.69) is 6.58 Å². The first-order valence-corrected chi connectivity index (χ1v) is 5.03. The molecule has 1 atom stereocenters. The van der Waals surface area contributed by atoms with E-state index in [9.17, 15) is 4.79 Å². The molecule has 3 heteroatoms. The summed E-state index contributed by atoms with van der Waals surface area (Å²) >= 11 is 0. The van der Waals surface area contributed by atoms with E-state index in [1.807, 2.05) is 26.8 Å². The minimum atomic E-state index is -0.424. The van der Waals surface area contributed by atoms with E-state index in [0.29, 0.717) is 5.92 Å². The highest BCUT2D eigenvalue weighted by atomic mass is 16.7. The van der Waals surface area contributed by atoms with Gasteiger partial charge in [-0.1, -0.05) is 6.08 Å². The Morgan fingerprint density at radius 2 is 2.21 bits per heavy atom. The molecule has 0 N–H and O–H groups in total. The predicted molar refractivity (Wildman–Crippen MR) is 55.4 cm³/mol. The lowest BCUT2D eigenvalue weighted by Crippen LogP contribution is -2.32. The van der Waals surface area contributed by atoms with Crippen LogP contribution in [-0.2, 0) is 9.63 Å². The van der Waals surface area contributed by atoms with Gasteiger partial charge in [0.2, 0.25) is 0 Å². The maximum atomic E-state index is 11.5. The first-order valence-electron chi connectivity index (χ1n) is 5.03. The number of hydrogen-bond acceptors (Lipinski definition) is 3. The Kier molecular flexibility index (Phi) is 3.32. The van der Waals surface area contributed by atoms with Crippen molar-refractivity contribution in [1.29, 1.82) is 0 Å². The second kappa shape index (κ2) is 4.13. The summed E-state index contributed by atoms with van der Waals surface area (Å²) in [5, 5.41) is 1.74. The van der Waals surface area contributed by atoms with Gasteiger partial charge < -0.3 is 4.84 Å². The van der Waals surface area contributed by atoms with Crippen molar-refractivity contribution in [2.75, 3.05) is 13.1 Å². The van der Waals surface area contributed by atoms with Crippen LogP contribution in [0.15, 0.2) is 12.7 Å². The van der Waals surface area contributed by atoms with Gasteiger partial charge >= 0.3 is 5.97 Å². The molecule has 0 aromatic carbocycles. The second-order valence-corrected chi connectivity index (χ2v) is 4.80. The van der Waals surface area contributed by atoms with E-state index in [1.54, 1.807) is 5.06 Å². The highest BCUT2D eigenvalue weighted by Gasteiger charge is 2.29. The molecule has 1 saturated heterocycles. The van der Waals surface area contributed by atoms with Crippen LogP contribution in [0.1, 0.15) is 27.2 Å². The average Bonchev–Trinajstić information content (AvgIpc) is 2.50. The second-order valence-electron chi connectivity index (χ2n) is 4.80. The third kappa shape index (κ3) is 2.84. The Hall–Kier alpha value is -0.830. The molecule has 1 rings (SSSR count). The van der Waals surface area contributed by atoms with E-state index in [0.717, 1.165) is 19.5 Å². The summed E-state index contributed by atoms with van der Waals surface area (Å²) in [4.78, 5) is 16.8. The summed E-state index contributed by atoms with van der Waals surface area (Å²) in [7, 11) is 0. The summed E-state index contributed by atoms with van der Waals surface area (Å²) in [6, 6.07) is 0. The molecule has 3 nitrogen and oxygen atoms in total. The number of hydroxylamine groups is 2. The van der Waals surface area contributed by atoms with Crippen molar-refractivity contribution in [2.24, 2.45) is 11.3 Å². The molecule has 0 aliphatic carbocycles. The predicted octanol–water partition coefficient (Wildman–Crippen LogP) is 2.00. The smallest absolute Gasteiger partial charge is 0.330 e. The molecule has 0 aromatic heterocycles. The Morgan fingerprint density at radius 1 is 1.57 bits per heavy atom. The van der Waals surface area contributed by atoms with Gasteiger partial charge in [-0.25, -0.2) is 4.79 Å². The first-order chi connectivity index (χ1) is 6.43. The van der Waals surface area contributed by atoms with Gasteiger partial charge in [0, 0.05) is 13.1 Å². The lowest BCUT2D eigenvalue weighted by molar-refractivity contribution is -0.195. The SMILES string of the molecule is C=C[C@@H]1CCN(OC(=O)C(C)(C)C)C1. The molecule has 0 radical (unpaired) electrons. The topological polar surface area (TPSA) is 29.5 Å². The van der Waals surface area contributed by atoms with Crippen LogP contribution >= 0.6 is 0 Å². The fourth-order valence-electron chi connectivity index (χ4n) is 1.28. The molecule has 0 amide bonds. The summed E-state index contributed by atoms with van der Waals surface area (Å²) in [5.74, 6) is 0.296. The summed E-state index contributed by atoms with van der Waals surface area (Å²) < 4.78 is 0. The third-order valence-electron chi connectivity index (χ3n) is 2.35. The van der Waals surface area contributed by atoms with E-state index in [4.69, 9.17) is 4.84 Å². The van der Waals surface area contributed by atoms with Gasteiger partial charge in [-0.2, -0.15) is 0 Å². The molecule has 14 heavy (non-hydrogen) atoms. The van der Waals surface area contributed by atoms with Crippen LogP contribution < -0.4 is 0 Å². The molecular weight excluding hydrogens is 178 g/mol. The van der Waals surface area contributed by atoms with E-state index >= 15 is 0 Å². The number of carbonyl (C=O) groups is 1. The molecule has 0 unspecified atom stereocenters. The Balaban J connectivity index is 2.40. The van der Waals surface area contributed by atoms with E-state index in [1.165, 1.54) is 0 Å². The van der Waals surface area contributed by atoms with Crippen LogP contribution in [0.25, 0.3) is 0 Å². The zero-order valence-electron chi connectivity index (χ0n) is 9.25. The fraction of sp³-hybridized carbons (Fsp3) is 0.727. The quantitative estimate of drug-likeness (QED) is 0.634. The van der Waals surface area contributed by atoms with Crippen LogP contribution in [0.3, 0.4) is 0 Å². The zero-order chi connectivity index (χ0) is 10.8. The molecule has 1 fully saturated rings. The highest BCUT2D eigenvalue weighted by molar-refractivity contribution is 5.75. The van der Waals surface area contributed by atoms with Crippen molar-refractivity contribution in [3.8, 4) is 0 Å². The van der Waals surface area contributed by atoms with Gasteiger partial charge in [-0.05, 0) is 33.1 Å². The Morgan fingerprint density at radius 3 is 2.64 bits per heavy atom. The summed E-state index contributed by atoms with van der Waals surface area (Å²) in [5.41, 5.74) is -0.424. The van der Waals surface area contributed by atoms with Crippen molar-refractivity contribution in [1.82, 2.24) is 5.06 Å². The van der Waals surface area contributed by atoms with Crippen LogP contribution in [0.5, 0.6) is 0 Å². The maximum absolute atomic E-state index is 11.5. The molecule has 0 saturated carbocycles. The van der Waals surface area contributed by atoms with Crippen molar-refractivity contribution in [3.63, 3.8) is 0 Å². The third-order valence-corrected chi connectivity index (χ3v) is 2.35. The Labute approximate surface area is 85.7 Å². The summed E-state index contributed by atoms with van der Waals surface area (Å²) in [6.07, 6.45) is 2.95. The molecule has 0 aromatic rings. The summed E-state index contributed by atoms with van der Waals surface area (Å²) in [6.45, 7) is 10.9. The Bertz CT molecular complexity index is 230. The van der Waals surface area contributed by atoms with Gasteiger partial charge in [0.05, 0.1) is 5.41 Å². The average molecular weight is 197 g/mol. The van der Waals surface area contributed by atoms with Gasteiger partial charge in [-0.3, -0.25) is 0 Å². The standard InChI is InChI=1S/C11H19NO2/c1-5-9-6-7-12(8-9)14-10(13)11(2,3)4/h5,9H,1,6-8H2,2-4H3/t9-/m1/s1. The number of hydrogen-bond donors (Lipinski definition) is 0. The van der Waals surface area contributed by atoms with Crippen molar-refractivity contribution < 1.29 is 9.63 Å². The molecule has 0 bridgehead atoms. The van der Waals surface area contributed by atoms with Gasteiger partial charge in [0.15, 0.2) is 0 Å². The van der Waals surface area contributed by atoms with Crippen molar-refractivity contribution in [3.05, 3.63) is 12.7 Å². The number of rotatable bonds is 2. The van der Waals surface area contributed by atoms with Crippen molar-refractivity contribution >= 4 is 5.97 Å². The largest absolute Gasteiger partial charge is 0.367 e. The normalized spacial score (nSPS) is 23.5. The molecule has 1 aliphatic rings. The van der Waals surface area contributed by atoms with Crippen LogP contribution in [0, 0.1) is 11.3 Å². The van der Waals surface area contributed by atoms with Gasteiger partial charge in [-0.15, -0.1) is 11.6 Å². The number of nitrogens with zero attached hydrogens (tertiary/aromatic N) is 1. The van der Waals surface area contributed by atoms with Crippen LogP contribution in [0.2, 0.25) is 0 Å². The van der Waals surface area contributed by atoms with Gasteiger partial charge in [0.25, 0.3) is 0 Å².